The van der Waals surface area contributed by atoms with Gasteiger partial charge in [-0.05, 0) is 69.6 Å². The van der Waals surface area contributed by atoms with Crippen molar-refractivity contribution in [2.24, 2.45) is 0 Å². The molecule has 0 bridgehead atoms. The highest BCUT2D eigenvalue weighted by molar-refractivity contribution is 7.92. The summed E-state index contributed by atoms with van der Waals surface area (Å²) in [7, 11) is -3.77. The van der Waals surface area contributed by atoms with Crippen LogP contribution < -0.4 is 4.31 Å². The molecule has 0 spiro atoms. The summed E-state index contributed by atoms with van der Waals surface area (Å²) in [5.74, 6) is 0. The lowest BCUT2D eigenvalue weighted by Crippen LogP contribution is -2.44. The Morgan fingerprint density at radius 1 is 0.967 bits per heavy atom. The lowest BCUT2D eigenvalue weighted by atomic mass is 10.1. The molecule has 8 heteroatoms. The normalized spacial score (nSPS) is 15.6. The Kier molecular flexibility index (Phi) is 10.6. The van der Waals surface area contributed by atoms with Gasteiger partial charge in [-0.25, -0.2) is 8.42 Å². The molecule has 1 atom stereocenters. The Balaban J connectivity index is 0.00000225. The Hall–Kier alpha value is -1.31. The van der Waals surface area contributed by atoms with E-state index in [1.807, 2.05) is 32.0 Å². The molecule has 1 aliphatic heterocycles. The van der Waals surface area contributed by atoms with Gasteiger partial charge in [0.15, 0.2) is 0 Å². The number of rotatable bonds is 7. The number of aliphatic hydroxyl groups excluding tert-OH is 1. The van der Waals surface area contributed by atoms with Gasteiger partial charge in [-0.2, -0.15) is 0 Å². The lowest BCUT2D eigenvalue weighted by Gasteiger charge is -2.32. The number of benzene rings is 2. The second-order valence-electron chi connectivity index (χ2n) is 7.70. The third-order valence-electron chi connectivity index (χ3n) is 5.19. The minimum absolute atomic E-state index is 0. The van der Waals surface area contributed by atoms with Crippen LogP contribution in [0, 0.1) is 13.8 Å². The number of β-amino-alcohol motifs (C(OH)–C–C–N with tert-alkyl or cyclic N) is 1. The van der Waals surface area contributed by atoms with E-state index in [9.17, 15) is 13.5 Å². The molecule has 0 aliphatic carbocycles. The van der Waals surface area contributed by atoms with Gasteiger partial charge in [0.2, 0.25) is 0 Å². The molecule has 30 heavy (non-hydrogen) atoms. The number of anilines is 1. The van der Waals surface area contributed by atoms with Crippen LogP contribution in [-0.4, -0.2) is 50.7 Å². The van der Waals surface area contributed by atoms with E-state index < -0.39 is 16.1 Å². The molecular formula is C22H32Cl2N2O3S. The maximum Gasteiger partial charge on any atom is 0.264 e. The summed E-state index contributed by atoms with van der Waals surface area (Å²) < 4.78 is 28.1. The first-order valence-electron chi connectivity index (χ1n) is 9.93. The van der Waals surface area contributed by atoms with E-state index in [0.29, 0.717) is 12.2 Å². The number of nitrogens with zero attached hydrogens (tertiary/aromatic N) is 2. The summed E-state index contributed by atoms with van der Waals surface area (Å²) in [5.41, 5.74) is 2.57. The van der Waals surface area contributed by atoms with Crippen molar-refractivity contribution in [1.82, 2.24) is 4.90 Å². The molecule has 3 rings (SSSR count). The van der Waals surface area contributed by atoms with Crippen molar-refractivity contribution >= 4 is 40.5 Å². The molecule has 1 aliphatic rings. The standard InChI is InChI=1S/C22H30N2O3S.2ClH/c1-18-9-11-22(12-10-18)28(26,27)24(20-8-6-7-19(2)15-20)17-21(25)16-23-13-4-3-5-14-23;;/h6-12,15,21,25H,3-5,13-14,16-17H2,1-2H3;2*1H. The highest BCUT2D eigenvalue weighted by Gasteiger charge is 2.28. The van der Waals surface area contributed by atoms with E-state index in [4.69, 9.17) is 0 Å². The van der Waals surface area contributed by atoms with Gasteiger partial charge in [-0.1, -0.05) is 36.2 Å². The van der Waals surface area contributed by atoms with Crippen LogP contribution in [0.25, 0.3) is 0 Å². The molecule has 1 unspecified atom stereocenters. The second-order valence-corrected chi connectivity index (χ2v) is 9.57. The molecule has 1 fully saturated rings. The van der Waals surface area contributed by atoms with Crippen LogP contribution in [0.5, 0.6) is 0 Å². The number of hydrogen-bond acceptors (Lipinski definition) is 4. The van der Waals surface area contributed by atoms with Crippen LogP contribution in [0.1, 0.15) is 30.4 Å². The molecule has 1 N–H and O–H groups in total. The van der Waals surface area contributed by atoms with Gasteiger partial charge < -0.3 is 10.0 Å². The number of aliphatic hydroxyl groups is 1. The molecule has 2 aromatic rings. The molecule has 0 radical (unpaired) electrons. The van der Waals surface area contributed by atoms with Crippen molar-refractivity contribution in [3.05, 3.63) is 59.7 Å². The summed E-state index contributed by atoms with van der Waals surface area (Å²) in [6, 6.07) is 14.3. The van der Waals surface area contributed by atoms with Crippen molar-refractivity contribution in [1.29, 1.82) is 0 Å². The van der Waals surface area contributed by atoms with E-state index in [-0.39, 0.29) is 36.3 Å². The zero-order valence-electron chi connectivity index (χ0n) is 17.5. The molecule has 2 aromatic carbocycles. The predicted molar refractivity (Wildman–Crippen MR) is 128 cm³/mol. The first-order valence-corrected chi connectivity index (χ1v) is 11.4. The molecule has 1 saturated heterocycles. The number of aryl methyl sites for hydroxylation is 2. The van der Waals surface area contributed by atoms with Crippen molar-refractivity contribution < 1.29 is 13.5 Å². The molecule has 168 valence electrons. The minimum atomic E-state index is -3.77. The average Bonchev–Trinajstić information content (AvgIpc) is 2.67. The van der Waals surface area contributed by atoms with Gasteiger partial charge in [0, 0.05) is 6.54 Å². The van der Waals surface area contributed by atoms with Crippen LogP contribution in [-0.2, 0) is 10.0 Å². The third kappa shape index (κ3) is 6.86. The number of sulfonamides is 1. The van der Waals surface area contributed by atoms with Crippen LogP contribution in [0.4, 0.5) is 5.69 Å². The van der Waals surface area contributed by atoms with Gasteiger partial charge in [0.05, 0.1) is 23.2 Å². The van der Waals surface area contributed by atoms with Crippen LogP contribution in [0.15, 0.2) is 53.4 Å². The fourth-order valence-corrected chi connectivity index (χ4v) is 5.15. The first kappa shape index (κ1) is 26.7. The largest absolute Gasteiger partial charge is 0.390 e. The number of piperidine rings is 1. The van der Waals surface area contributed by atoms with Crippen molar-refractivity contribution in [3.63, 3.8) is 0 Å². The van der Waals surface area contributed by atoms with Crippen LogP contribution in [0.2, 0.25) is 0 Å². The number of hydrogen-bond donors (Lipinski definition) is 1. The van der Waals surface area contributed by atoms with Crippen molar-refractivity contribution in [2.75, 3.05) is 30.5 Å². The van der Waals surface area contributed by atoms with Gasteiger partial charge >= 0.3 is 0 Å². The zero-order chi connectivity index (χ0) is 20.1. The van der Waals surface area contributed by atoms with E-state index in [0.717, 1.165) is 37.1 Å². The number of halogens is 2. The molecule has 5 nitrogen and oxygen atoms in total. The SMILES string of the molecule is Cc1ccc(S(=O)(=O)N(CC(O)CN2CCCCC2)c2cccc(C)c2)cc1.Cl.Cl. The molecule has 1 heterocycles. The smallest absolute Gasteiger partial charge is 0.264 e. The zero-order valence-corrected chi connectivity index (χ0v) is 20.0. The van der Waals surface area contributed by atoms with Gasteiger partial charge in [-0.3, -0.25) is 4.31 Å². The molecule has 0 saturated carbocycles. The van der Waals surface area contributed by atoms with E-state index >= 15 is 0 Å². The summed E-state index contributed by atoms with van der Waals surface area (Å²) in [6.45, 7) is 6.32. The molecule has 0 amide bonds. The summed E-state index contributed by atoms with van der Waals surface area (Å²) in [4.78, 5) is 2.46. The summed E-state index contributed by atoms with van der Waals surface area (Å²) >= 11 is 0. The highest BCUT2D eigenvalue weighted by Crippen LogP contribution is 2.25. The Bertz CT molecular complexity index is 886. The van der Waals surface area contributed by atoms with Crippen LogP contribution >= 0.6 is 24.8 Å². The van der Waals surface area contributed by atoms with E-state index in [1.165, 1.54) is 10.7 Å². The Morgan fingerprint density at radius 3 is 2.20 bits per heavy atom. The number of likely N-dealkylation sites (tertiary alicyclic amines) is 1. The minimum Gasteiger partial charge on any atom is -0.390 e. The van der Waals surface area contributed by atoms with Gasteiger partial charge in [0.25, 0.3) is 10.0 Å². The Labute approximate surface area is 193 Å². The van der Waals surface area contributed by atoms with E-state index in [1.54, 1.807) is 30.3 Å². The maximum absolute atomic E-state index is 13.4. The quantitative estimate of drug-likeness (QED) is 0.653. The predicted octanol–water partition coefficient (Wildman–Crippen LogP) is 4.19. The fraction of sp³-hybridized carbons (Fsp3) is 0.455. The first-order chi connectivity index (χ1) is 13.4. The Morgan fingerprint density at radius 2 is 1.60 bits per heavy atom. The summed E-state index contributed by atoms with van der Waals surface area (Å²) in [5, 5.41) is 10.7. The molecular weight excluding hydrogens is 443 g/mol. The molecule has 0 aromatic heterocycles. The maximum atomic E-state index is 13.4. The monoisotopic (exact) mass is 474 g/mol. The lowest BCUT2D eigenvalue weighted by molar-refractivity contribution is 0.107. The topological polar surface area (TPSA) is 60.9 Å². The fourth-order valence-electron chi connectivity index (χ4n) is 3.65. The summed E-state index contributed by atoms with van der Waals surface area (Å²) in [6.07, 6.45) is 2.74. The third-order valence-corrected chi connectivity index (χ3v) is 7.00. The van der Waals surface area contributed by atoms with Gasteiger partial charge in [-0.15, -0.1) is 24.8 Å². The van der Waals surface area contributed by atoms with E-state index in [2.05, 4.69) is 4.90 Å². The van der Waals surface area contributed by atoms with Gasteiger partial charge in [0.1, 0.15) is 0 Å². The van der Waals surface area contributed by atoms with Crippen molar-refractivity contribution in [2.45, 2.75) is 44.1 Å². The van der Waals surface area contributed by atoms with Crippen LogP contribution in [0.3, 0.4) is 0 Å². The second kappa shape index (κ2) is 11.9. The highest BCUT2D eigenvalue weighted by atomic mass is 35.5. The average molecular weight is 475 g/mol. The van der Waals surface area contributed by atoms with Crippen molar-refractivity contribution in [3.8, 4) is 0 Å².